The van der Waals surface area contributed by atoms with Gasteiger partial charge >= 0.3 is 0 Å². The van der Waals surface area contributed by atoms with Crippen LogP contribution in [0.3, 0.4) is 0 Å². The molecule has 0 saturated carbocycles. The molecule has 3 aromatic rings. The molecule has 3 aromatic heterocycles. The summed E-state index contributed by atoms with van der Waals surface area (Å²) in [6.07, 6.45) is 7.69. The summed E-state index contributed by atoms with van der Waals surface area (Å²) in [5.41, 5.74) is 11.1. The van der Waals surface area contributed by atoms with E-state index in [4.69, 9.17) is 15.5 Å². The number of fused-ring (bicyclic) bond motifs is 1. The number of rotatable bonds is 3. The lowest BCUT2D eigenvalue weighted by Gasteiger charge is -2.20. The fourth-order valence-electron chi connectivity index (χ4n) is 3.91. The van der Waals surface area contributed by atoms with Crippen LogP contribution in [0.4, 0.5) is 5.82 Å². The molecule has 1 atom stereocenters. The fraction of sp³-hybridized carbons (Fsp3) is 0.389. The third kappa shape index (κ3) is 2.49. The van der Waals surface area contributed by atoms with E-state index in [1.54, 1.807) is 6.20 Å². The van der Waals surface area contributed by atoms with Crippen molar-refractivity contribution >= 4 is 5.82 Å². The van der Waals surface area contributed by atoms with Gasteiger partial charge in [0.15, 0.2) is 0 Å². The highest BCUT2D eigenvalue weighted by molar-refractivity contribution is 5.78. The van der Waals surface area contributed by atoms with E-state index in [0.717, 1.165) is 54.3 Å². The molecule has 8 nitrogen and oxygen atoms in total. The molecule has 134 valence electrons. The Balaban J connectivity index is 1.66. The molecular weight excluding hydrogens is 330 g/mol. The van der Waals surface area contributed by atoms with Gasteiger partial charge in [0.1, 0.15) is 18.2 Å². The van der Waals surface area contributed by atoms with E-state index in [1.807, 2.05) is 12.4 Å². The minimum Gasteiger partial charge on any atom is -0.383 e. The number of aromatic nitrogens is 5. The van der Waals surface area contributed by atoms with Crippen molar-refractivity contribution in [3.63, 3.8) is 0 Å². The van der Waals surface area contributed by atoms with E-state index in [0.29, 0.717) is 18.5 Å². The minimum absolute atomic E-state index is 0.319. The van der Waals surface area contributed by atoms with Crippen LogP contribution in [0.1, 0.15) is 30.4 Å². The molecule has 0 amide bonds. The van der Waals surface area contributed by atoms with Gasteiger partial charge in [-0.15, -0.1) is 0 Å². The largest absolute Gasteiger partial charge is 0.383 e. The van der Waals surface area contributed by atoms with Crippen molar-refractivity contribution < 1.29 is 4.74 Å². The summed E-state index contributed by atoms with van der Waals surface area (Å²) >= 11 is 0. The molecule has 0 bridgehead atoms. The first-order valence-electron chi connectivity index (χ1n) is 8.97. The highest BCUT2D eigenvalue weighted by Gasteiger charge is 2.29. The van der Waals surface area contributed by atoms with Gasteiger partial charge in [-0.3, -0.25) is 5.10 Å². The van der Waals surface area contributed by atoms with Crippen LogP contribution in [0, 0.1) is 0 Å². The summed E-state index contributed by atoms with van der Waals surface area (Å²) in [4.78, 5) is 9.33. The van der Waals surface area contributed by atoms with Crippen molar-refractivity contribution in [1.82, 2.24) is 30.0 Å². The van der Waals surface area contributed by atoms with E-state index >= 15 is 0 Å². The average Bonchev–Trinajstić information content (AvgIpc) is 3.41. The summed E-state index contributed by atoms with van der Waals surface area (Å²) in [5.74, 6) is 1.47. The summed E-state index contributed by atoms with van der Waals surface area (Å²) in [7, 11) is 0. The van der Waals surface area contributed by atoms with Crippen molar-refractivity contribution in [3.05, 3.63) is 36.2 Å². The average molecular weight is 351 g/mol. The predicted octanol–water partition coefficient (Wildman–Crippen LogP) is 1.87. The number of H-pyrrole nitrogens is 1. The molecule has 5 rings (SSSR count). The van der Waals surface area contributed by atoms with Crippen molar-refractivity contribution in [1.29, 1.82) is 0 Å². The highest BCUT2D eigenvalue weighted by Crippen LogP contribution is 2.36. The number of nitrogens with two attached hydrogens (primary N) is 1. The van der Waals surface area contributed by atoms with Crippen LogP contribution >= 0.6 is 0 Å². The van der Waals surface area contributed by atoms with Crippen LogP contribution in [-0.4, -0.2) is 37.9 Å². The Morgan fingerprint density at radius 1 is 1.27 bits per heavy atom. The summed E-state index contributed by atoms with van der Waals surface area (Å²) < 4.78 is 7.93. The third-order valence-electron chi connectivity index (χ3n) is 5.17. The van der Waals surface area contributed by atoms with E-state index < -0.39 is 0 Å². The van der Waals surface area contributed by atoms with Gasteiger partial charge in [0, 0.05) is 41.7 Å². The van der Waals surface area contributed by atoms with Crippen molar-refractivity contribution in [2.24, 2.45) is 0 Å². The molecule has 8 heteroatoms. The number of hydrogen-bond acceptors (Lipinski definition) is 6. The molecule has 1 unspecified atom stereocenters. The van der Waals surface area contributed by atoms with Crippen LogP contribution in [0.15, 0.2) is 24.7 Å². The van der Waals surface area contributed by atoms with Crippen LogP contribution in [0.25, 0.3) is 22.4 Å². The molecule has 1 saturated heterocycles. The molecule has 5 heterocycles. The van der Waals surface area contributed by atoms with Crippen LogP contribution < -0.4 is 11.1 Å². The Kier molecular flexibility index (Phi) is 3.72. The van der Waals surface area contributed by atoms with Gasteiger partial charge in [0.05, 0.1) is 24.2 Å². The standard InChI is InChI=1S/C18H21N7O/c19-18-13(12-8-22-23-9-12)6-11(7-21-18)16-17(14-2-1-3-20-14)25-4-5-26-10-15(25)24-16/h6-9,14,20H,1-5,10H2,(H2,19,21)(H,22,23). The maximum absolute atomic E-state index is 6.11. The monoisotopic (exact) mass is 351 g/mol. The second kappa shape index (κ2) is 6.22. The quantitative estimate of drug-likeness (QED) is 0.665. The van der Waals surface area contributed by atoms with E-state index in [1.165, 1.54) is 12.1 Å². The lowest BCUT2D eigenvalue weighted by molar-refractivity contribution is 0.0801. The number of pyridine rings is 1. The number of aromatic amines is 1. The Morgan fingerprint density at radius 3 is 3.04 bits per heavy atom. The Hall–Kier alpha value is -2.71. The first kappa shape index (κ1) is 15.5. The van der Waals surface area contributed by atoms with Gasteiger partial charge in [-0.2, -0.15) is 5.10 Å². The lowest BCUT2D eigenvalue weighted by Crippen LogP contribution is -2.23. The summed E-state index contributed by atoms with van der Waals surface area (Å²) in [6, 6.07) is 2.38. The van der Waals surface area contributed by atoms with E-state index in [-0.39, 0.29) is 0 Å². The normalized spacial score (nSPS) is 19.6. The number of nitrogens with zero attached hydrogens (tertiary/aromatic N) is 4. The predicted molar refractivity (Wildman–Crippen MR) is 97.1 cm³/mol. The molecule has 1 fully saturated rings. The topological polar surface area (TPSA) is 107 Å². The Bertz CT molecular complexity index is 925. The molecule has 26 heavy (non-hydrogen) atoms. The number of nitrogen functional groups attached to an aromatic ring is 1. The van der Waals surface area contributed by atoms with Gasteiger partial charge in [0.25, 0.3) is 0 Å². The number of anilines is 1. The second-order valence-corrected chi connectivity index (χ2v) is 6.76. The van der Waals surface area contributed by atoms with Crippen LogP contribution in [-0.2, 0) is 17.9 Å². The zero-order chi connectivity index (χ0) is 17.5. The molecule has 2 aliphatic heterocycles. The minimum atomic E-state index is 0.319. The SMILES string of the molecule is Nc1ncc(-c2nc3n(c2C2CCCN2)CCOC3)cc1-c1cn[nH]c1. The van der Waals surface area contributed by atoms with Gasteiger partial charge in [-0.25, -0.2) is 9.97 Å². The maximum atomic E-state index is 6.11. The zero-order valence-corrected chi connectivity index (χ0v) is 14.4. The second-order valence-electron chi connectivity index (χ2n) is 6.76. The lowest BCUT2D eigenvalue weighted by atomic mass is 10.0. The first-order valence-corrected chi connectivity index (χ1v) is 8.97. The number of hydrogen-bond donors (Lipinski definition) is 3. The zero-order valence-electron chi connectivity index (χ0n) is 14.4. The molecule has 0 spiro atoms. The van der Waals surface area contributed by atoms with Gasteiger partial charge in [-0.1, -0.05) is 0 Å². The van der Waals surface area contributed by atoms with Crippen molar-refractivity contribution in [2.45, 2.75) is 32.0 Å². The molecule has 0 aromatic carbocycles. The summed E-state index contributed by atoms with van der Waals surface area (Å²) in [6.45, 7) is 3.16. The number of ether oxygens (including phenoxy) is 1. The van der Waals surface area contributed by atoms with Crippen LogP contribution in [0.2, 0.25) is 0 Å². The number of imidazole rings is 1. The first-order chi connectivity index (χ1) is 12.8. The fourth-order valence-corrected chi connectivity index (χ4v) is 3.91. The van der Waals surface area contributed by atoms with Crippen LogP contribution in [0.5, 0.6) is 0 Å². The van der Waals surface area contributed by atoms with Gasteiger partial charge in [0.2, 0.25) is 0 Å². The molecule has 0 aliphatic carbocycles. The van der Waals surface area contributed by atoms with Gasteiger partial charge < -0.3 is 20.4 Å². The smallest absolute Gasteiger partial charge is 0.135 e. The number of nitrogens with one attached hydrogen (secondary N) is 2. The Morgan fingerprint density at radius 2 is 2.23 bits per heavy atom. The summed E-state index contributed by atoms with van der Waals surface area (Å²) in [5, 5.41) is 10.5. The Labute approximate surface area is 150 Å². The van der Waals surface area contributed by atoms with E-state index in [2.05, 4.69) is 31.1 Å². The highest BCUT2D eigenvalue weighted by atomic mass is 16.5. The third-order valence-corrected chi connectivity index (χ3v) is 5.17. The molecule has 2 aliphatic rings. The van der Waals surface area contributed by atoms with Crippen molar-refractivity contribution in [3.8, 4) is 22.4 Å². The molecule has 4 N–H and O–H groups in total. The van der Waals surface area contributed by atoms with E-state index in [9.17, 15) is 0 Å². The molecule has 0 radical (unpaired) electrons. The van der Waals surface area contributed by atoms with Crippen molar-refractivity contribution in [2.75, 3.05) is 18.9 Å². The molecular formula is C18H21N7O. The van der Waals surface area contributed by atoms with Gasteiger partial charge in [-0.05, 0) is 25.5 Å². The maximum Gasteiger partial charge on any atom is 0.135 e.